The molecule has 0 rings (SSSR count). The second kappa shape index (κ2) is 6.03. The van der Waals surface area contributed by atoms with Gasteiger partial charge in [-0.1, -0.05) is 0 Å². The van der Waals surface area contributed by atoms with Gasteiger partial charge in [-0.05, 0) is 0 Å². The Balaban J connectivity index is -0.0000000800. The Morgan fingerprint density at radius 2 is 1.43 bits per heavy atom. The van der Waals surface area contributed by atoms with Crippen molar-refractivity contribution >= 4 is 71.5 Å². The predicted octanol–water partition coefficient (Wildman–Crippen LogP) is -1.12. The SMILES string of the molecule is O=S(O)(O)=S.S.[CaH2]. The molecule has 0 aromatic carbocycles. The van der Waals surface area contributed by atoms with Crippen LogP contribution < -0.4 is 0 Å². The summed E-state index contributed by atoms with van der Waals surface area (Å²) in [6.45, 7) is 0. The van der Waals surface area contributed by atoms with Crippen LogP contribution in [0.15, 0.2) is 0 Å². The summed E-state index contributed by atoms with van der Waals surface area (Å²) in [5.41, 5.74) is 0. The fourth-order valence-electron chi connectivity index (χ4n) is 0. The van der Waals surface area contributed by atoms with E-state index in [1.165, 1.54) is 0 Å². The predicted molar refractivity (Wildman–Crippen MR) is 39.7 cm³/mol. The van der Waals surface area contributed by atoms with Crippen LogP contribution in [0.4, 0.5) is 0 Å². The van der Waals surface area contributed by atoms with Crippen LogP contribution in [0, 0.1) is 0 Å². The first-order valence-corrected chi connectivity index (χ1v) is 3.10. The third kappa shape index (κ3) is 76.2. The minimum absolute atomic E-state index is 0. The summed E-state index contributed by atoms with van der Waals surface area (Å²) >= 11 is 3.47. The number of hydrogen-bond acceptors (Lipinski definition) is 2. The third-order valence-corrected chi connectivity index (χ3v) is 0. The van der Waals surface area contributed by atoms with Crippen LogP contribution in [0.25, 0.3) is 0 Å². The van der Waals surface area contributed by atoms with E-state index in [0.717, 1.165) is 0 Å². The summed E-state index contributed by atoms with van der Waals surface area (Å²) in [6.07, 6.45) is 0. The van der Waals surface area contributed by atoms with Gasteiger partial charge >= 0.3 is 37.7 Å². The van der Waals surface area contributed by atoms with E-state index in [0.29, 0.717) is 0 Å². The van der Waals surface area contributed by atoms with E-state index in [1.807, 2.05) is 0 Å². The molecule has 0 heterocycles. The van der Waals surface area contributed by atoms with Crippen molar-refractivity contribution in [3.05, 3.63) is 0 Å². The first kappa shape index (κ1) is 16.0. The van der Waals surface area contributed by atoms with Crippen molar-refractivity contribution in [2.45, 2.75) is 0 Å². The van der Waals surface area contributed by atoms with E-state index in [2.05, 4.69) is 11.2 Å². The van der Waals surface area contributed by atoms with E-state index < -0.39 is 9.05 Å². The van der Waals surface area contributed by atoms with Crippen molar-refractivity contribution in [1.29, 1.82) is 0 Å². The zero-order chi connectivity index (χ0) is 4.50. The fourth-order valence-corrected chi connectivity index (χ4v) is 0. The van der Waals surface area contributed by atoms with Gasteiger partial charge in [0.2, 0.25) is 0 Å². The summed E-state index contributed by atoms with van der Waals surface area (Å²) in [5.74, 6) is 0. The summed E-state index contributed by atoms with van der Waals surface area (Å²) < 4.78 is 24.0. The quantitative estimate of drug-likeness (QED) is 0.475. The van der Waals surface area contributed by atoms with E-state index in [9.17, 15) is 0 Å². The molecule has 0 saturated heterocycles. The number of hydrogen-bond donors (Lipinski definition) is 2. The van der Waals surface area contributed by atoms with Crippen LogP contribution in [0.5, 0.6) is 0 Å². The molecule has 0 aromatic heterocycles. The second-order valence-corrected chi connectivity index (χ2v) is 2.65. The Hall–Kier alpha value is 1.90. The van der Waals surface area contributed by atoms with Gasteiger partial charge in [0.1, 0.15) is 0 Å². The monoisotopic (exact) mass is 190 g/mol. The van der Waals surface area contributed by atoms with Gasteiger partial charge < -0.3 is 0 Å². The van der Waals surface area contributed by atoms with Gasteiger partial charge in [0.15, 0.2) is 0 Å². The van der Waals surface area contributed by atoms with Crippen LogP contribution in [0.2, 0.25) is 0 Å². The zero-order valence-electron chi connectivity index (χ0n) is 2.62. The van der Waals surface area contributed by atoms with Gasteiger partial charge in [-0.2, -0.15) is 17.7 Å². The minimum atomic E-state index is -3.83. The summed E-state index contributed by atoms with van der Waals surface area (Å²) in [6, 6.07) is 0. The molecule has 3 nitrogen and oxygen atoms in total. The molecule has 0 bridgehead atoms. The molecule has 44 valence electrons. The van der Waals surface area contributed by atoms with Gasteiger partial charge in [-0.25, -0.2) is 0 Å². The van der Waals surface area contributed by atoms with Crippen LogP contribution >= 0.6 is 13.5 Å². The summed E-state index contributed by atoms with van der Waals surface area (Å²) in [7, 11) is -3.83. The Morgan fingerprint density at radius 1 is 1.43 bits per heavy atom. The molecule has 0 unspecified atom stereocenters. The van der Waals surface area contributed by atoms with Crippen molar-refractivity contribution in [2.24, 2.45) is 0 Å². The molecule has 0 spiro atoms. The molecular formula is H6CaO3S3. The molecule has 7 heteroatoms. The van der Waals surface area contributed by atoms with Gasteiger partial charge in [0.25, 0.3) is 9.05 Å². The average molecular weight is 190 g/mol. The van der Waals surface area contributed by atoms with Crippen molar-refractivity contribution in [3.8, 4) is 0 Å². The van der Waals surface area contributed by atoms with E-state index in [-0.39, 0.29) is 51.2 Å². The first-order chi connectivity index (χ1) is 2.00. The van der Waals surface area contributed by atoms with Crippen molar-refractivity contribution in [3.63, 3.8) is 0 Å². The molecule has 2 N–H and O–H groups in total. The van der Waals surface area contributed by atoms with E-state index in [1.54, 1.807) is 0 Å². The van der Waals surface area contributed by atoms with Crippen molar-refractivity contribution in [1.82, 2.24) is 0 Å². The van der Waals surface area contributed by atoms with Crippen LogP contribution in [-0.4, -0.2) is 51.1 Å². The average Bonchev–Trinajstić information content (AvgIpc) is 0.722. The van der Waals surface area contributed by atoms with Crippen LogP contribution in [0.3, 0.4) is 0 Å². The van der Waals surface area contributed by atoms with Crippen LogP contribution in [0.1, 0.15) is 0 Å². The Kier molecular flexibility index (Phi) is 13.7. The molecule has 0 saturated carbocycles. The molecular weight excluding hydrogens is 184 g/mol. The molecule has 0 atom stereocenters. The van der Waals surface area contributed by atoms with Gasteiger partial charge in [-0.3, -0.25) is 9.11 Å². The van der Waals surface area contributed by atoms with E-state index in [4.69, 9.17) is 13.3 Å². The van der Waals surface area contributed by atoms with Gasteiger partial charge in [-0.15, -0.1) is 0 Å². The maximum absolute atomic E-state index is 9.11. The standard InChI is InChI=1S/Ca.H2O3S2.H2S.2H/c;1-5(2,3)4;;;/h;(H2,1,2,3,4);1H2;;. The van der Waals surface area contributed by atoms with Crippen LogP contribution in [-0.2, 0) is 20.2 Å². The Bertz CT molecular complexity index is 93.3. The summed E-state index contributed by atoms with van der Waals surface area (Å²) in [5, 5.41) is 0. The van der Waals surface area contributed by atoms with Gasteiger partial charge in [0, 0.05) is 11.2 Å². The number of rotatable bonds is 0. The first-order valence-electron chi connectivity index (χ1n) is 0.698. The summed E-state index contributed by atoms with van der Waals surface area (Å²) in [4.78, 5) is 0. The van der Waals surface area contributed by atoms with Crippen molar-refractivity contribution < 1.29 is 13.3 Å². The molecule has 0 fully saturated rings. The molecule has 0 aliphatic rings. The molecule has 0 aliphatic carbocycles. The third-order valence-electron chi connectivity index (χ3n) is 0. The van der Waals surface area contributed by atoms with Crippen molar-refractivity contribution in [2.75, 3.05) is 0 Å². The molecule has 7 heavy (non-hydrogen) atoms. The Morgan fingerprint density at radius 3 is 1.43 bits per heavy atom. The Labute approximate surface area is 83.6 Å². The molecule has 0 amide bonds. The van der Waals surface area contributed by atoms with E-state index >= 15 is 0 Å². The topological polar surface area (TPSA) is 57.5 Å². The van der Waals surface area contributed by atoms with Gasteiger partial charge in [0.05, 0.1) is 0 Å². The maximum atomic E-state index is 9.11. The molecule has 0 aromatic rings. The molecule has 0 radical (unpaired) electrons. The fraction of sp³-hybridized carbons (Fsp3) is 0. The molecule has 0 aliphatic heterocycles. The normalized spacial score (nSPS) is 8.29. The second-order valence-electron chi connectivity index (χ2n) is 0.448. The zero-order valence-corrected chi connectivity index (χ0v) is 5.25.